The maximum Gasteiger partial charge on any atom is 0.303 e. The van der Waals surface area contributed by atoms with Gasteiger partial charge in [-0.1, -0.05) is 81.2 Å². The second kappa shape index (κ2) is 18.4. The van der Waals surface area contributed by atoms with Crippen LogP contribution in [-0.4, -0.2) is 70.1 Å². The average molecular weight is 681 g/mol. The van der Waals surface area contributed by atoms with E-state index in [9.17, 15) is 29.1 Å². The Morgan fingerprint density at radius 3 is 1.98 bits per heavy atom. The van der Waals surface area contributed by atoms with Crippen LogP contribution in [0.1, 0.15) is 52.5 Å². The quantitative estimate of drug-likeness (QED) is 0.132. The van der Waals surface area contributed by atoms with Crippen molar-refractivity contribution in [3.8, 4) is 0 Å². The highest BCUT2D eigenvalue weighted by Crippen LogP contribution is 2.23. The zero-order valence-electron chi connectivity index (χ0n) is 26.3. The second-order valence-corrected chi connectivity index (χ2v) is 12.7. The van der Waals surface area contributed by atoms with E-state index in [1.54, 1.807) is 44.2 Å². The molecule has 0 unspecified atom stereocenters. The molecule has 0 aromatic heterocycles. The van der Waals surface area contributed by atoms with Gasteiger partial charge in [0.2, 0.25) is 17.7 Å². The molecular formula is C32H43Cl2N5O7. The molecule has 0 spiro atoms. The Balaban J connectivity index is 2.26. The molecule has 2 rings (SSSR count). The maximum absolute atomic E-state index is 13.7. The van der Waals surface area contributed by atoms with Gasteiger partial charge in [-0.05, 0) is 54.9 Å². The molecule has 0 bridgehead atoms. The number of amides is 4. The molecule has 2 aromatic carbocycles. The summed E-state index contributed by atoms with van der Waals surface area (Å²) in [6, 6.07) is 8.92. The SMILES string of the molecule is CC(C)C[C@H](NC(=O)[C@@H](NC(=O)[C@@H](N)CCC(=O)O)C(C)C)C(=O)N[C@@H](Cc1ccccc1)[C@@H](O)C(=O)Nc1cc(Cl)cc(Cl)c1. The van der Waals surface area contributed by atoms with Gasteiger partial charge in [0.15, 0.2) is 6.10 Å². The average Bonchev–Trinajstić information content (AvgIpc) is 2.96. The van der Waals surface area contributed by atoms with Gasteiger partial charge in [0.25, 0.3) is 5.91 Å². The summed E-state index contributed by atoms with van der Waals surface area (Å²) in [6.07, 6.45) is -1.86. The molecule has 12 nitrogen and oxygen atoms in total. The van der Waals surface area contributed by atoms with Crippen molar-refractivity contribution in [2.45, 2.75) is 83.6 Å². The lowest BCUT2D eigenvalue weighted by Crippen LogP contribution is -2.59. The molecule has 0 saturated carbocycles. The van der Waals surface area contributed by atoms with Crippen molar-refractivity contribution in [2.24, 2.45) is 17.6 Å². The number of anilines is 1. The van der Waals surface area contributed by atoms with Crippen molar-refractivity contribution < 1.29 is 34.2 Å². The molecule has 0 fully saturated rings. The molecule has 0 radical (unpaired) electrons. The van der Waals surface area contributed by atoms with Crippen LogP contribution in [0.3, 0.4) is 0 Å². The number of hydrogen-bond acceptors (Lipinski definition) is 7. The Bertz CT molecular complexity index is 1340. The fourth-order valence-electron chi connectivity index (χ4n) is 4.59. The predicted molar refractivity (Wildman–Crippen MR) is 176 cm³/mol. The maximum atomic E-state index is 13.7. The van der Waals surface area contributed by atoms with Gasteiger partial charge in [0.1, 0.15) is 12.1 Å². The summed E-state index contributed by atoms with van der Waals surface area (Å²) in [6.45, 7) is 7.11. The molecule has 2 aromatic rings. The van der Waals surface area contributed by atoms with Gasteiger partial charge in [-0.3, -0.25) is 24.0 Å². The lowest BCUT2D eigenvalue weighted by Gasteiger charge is -2.29. The van der Waals surface area contributed by atoms with Crippen molar-refractivity contribution in [1.82, 2.24) is 16.0 Å². The summed E-state index contributed by atoms with van der Waals surface area (Å²) in [5.41, 5.74) is 6.81. The van der Waals surface area contributed by atoms with Crippen LogP contribution in [0.4, 0.5) is 5.69 Å². The fraction of sp³-hybridized carbons (Fsp3) is 0.469. The van der Waals surface area contributed by atoms with Gasteiger partial charge < -0.3 is 37.2 Å². The van der Waals surface area contributed by atoms with E-state index in [-0.39, 0.29) is 47.3 Å². The first kappa shape index (κ1) is 38.5. The number of carboxylic acids is 1. The molecule has 252 valence electrons. The number of carbonyl (C=O) groups is 5. The summed E-state index contributed by atoms with van der Waals surface area (Å²) in [7, 11) is 0. The van der Waals surface area contributed by atoms with Crippen molar-refractivity contribution in [3.63, 3.8) is 0 Å². The van der Waals surface area contributed by atoms with Crippen molar-refractivity contribution in [3.05, 3.63) is 64.1 Å². The molecule has 0 aliphatic carbocycles. The Labute approximate surface area is 278 Å². The van der Waals surface area contributed by atoms with E-state index in [0.29, 0.717) is 0 Å². The van der Waals surface area contributed by atoms with Crippen LogP contribution in [-0.2, 0) is 30.4 Å². The number of halogens is 2. The molecule has 14 heteroatoms. The molecule has 0 saturated heterocycles. The van der Waals surface area contributed by atoms with E-state index in [1.807, 2.05) is 13.8 Å². The largest absolute Gasteiger partial charge is 0.481 e. The monoisotopic (exact) mass is 679 g/mol. The smallest absolute Gasteiger partial charge is 0.303 e. The lowest BCUT2D eigenvalue weighted by atomic mass is 9.97. The number of nitrogens with two attached hydrogens (primary N) is 1. The van der Waals surface area contributed by atoms with Crippen molar-refractivity contribution in [1.29, 1.82) is 0 Å². The fourth-order valence-corrected chi connectivity index (χ4v) is 5.11. The van der Waals surface area contributed by atoms with Crippen LogP contribution in [0.5, 0.6) is 0 Å². The van der Waals surface area contributed by atoms with Crippen LogP contribution in [0.2, 0.25) is 10.0 Å². The lowest BCUT2D eigenvalue weighted by molar-refractivity contribution is -0.137. The Hall–Kier alpha value is -3.71. The summed E-state index contributed by atoms with van der Waals surface area (Å²) >= 11 is 12.1. The van der Waals surface area contributed by atoms with Crippen LogP contribution in [0.15, 0.2) is 48.5 Å². The van der Waals surface area contributed by atoms with Gasteiger partial charge in [-0.15, -0.1) is 0 Å². The van der Waals surface area contributed by atoms with Gasteiger partial charge >= 0.3 is 5.97 Å². The third-order valence-electron chi connectivity index (χ3n) is 7.00. The van der Waals surface area contributed by atoms with E-state index in [0.717, 1.165) is 5.56 Å². The Morgan fingerprint density at radius 2 is 1.43 bits per heavy atom. The minimum Gasteiger partial charge on any atom is -0.481 e. The zero-order valence-corrected chi connectivity index (χ0v) is 27.8. The van der Waals surface area contributed by atoms with E-state index in [1.165, 1.54) is 18.2 Å². The number of aliphatic carboxylic acids is 1. The van der Waals surface area contributed by atoms with Crippen LogP contribution < -0.4 is 27.0 Å². The zero-order chi connectivity index (χ0) is 34.6. The Kier molecular flexibility index (Phi) is 15.4. The molecule has 8 N–H and O–H groups in total. The predicted octanol–water partition coefficient (Wildman–Crippen LogP) is 2.88. The molecular weight excluding hydrogens is 637 g/mol. The number of aliphatic hydroxyl groups is 1. The number of carbonyl (C=O) groups excluding carboxylic acids is 4. The summed E-state index contributed by atoms with van der Waals surface area (Å²) in [5, 5.41) is 31.2. The standard InChI is InChI=1S/C32H43Cl2N5O7/c1-17(2)12-25(38-31(45)27(18(3)4)39-29(43)23(35)10-11-26(40)41)30(44)37-24(13-19-8-6-5-7-9-19)28(42)32(46)36-22-15-20(33)14-21(34)16-22/h5-9,14-18,23-25,27-28,42H,10-13,35H2,1-4H3,(H,36,46)(H,37,44)(H,38,45)(H,39,43)(H,40,41)/t23-,24-,25-,27-,28+/m0/s1. The highest BCUT2D eigenvalue weighted by Gasteiger charge is 2.34. The minimum atomic E-state index is -1.72. The first-order valence-electron chi connectivity index (χ1n) is 14.9. The van der Waals surface area contributed by atoms with Crippen LogP contribution in [0.25, 0.3) is 0 Å². The van der Waals surface area contributed by atoms with Gasteiger partial charge in [-0.2, -0.15) is 0 Å². The van der Waals surface area contributed by atoms with Crippen molar-refractivity contribution in [2.75, 3.05) is 5.32 Å². The second-order valence-electron chi connectivity index (χ2n) is 11.9. The topological polar surface area (TPSA) is 200 Å². The van der Waals surface area contributed by atoms with E-state index < -0.39 is 65.8 Å². The normalized spacial score (nSPS) is 14.5. The van der Waals surface area contributed by atoms with Crippen LogP contribution >= 0.6 is 23.2 Å². The number of rotatable bonds is 17. The molecule has 46 heavy (non-hydrogen) atoms. The number of hydrogen-bond donors (Lipinski definition) is 7. The van der Waals surface area contributed by atoms with Gasteiger partial charge in [0, 0.05) is 22.2 Å². The van der Waals surface area contributed by atoms with Gasteiger partial charge in [0.05, 0.1) is 12.1 Å². The first-order chi connectivity index (χ1) is 21.6. The third-order valence-corrected chi connectivity index (χ3v) is 7.44. The minimum absolute atomic E-state index is 0.0547. The number of benzene rings is 2. The first-order valence-corrected chi connectivity index (χ1v) is 15.7. The molecule has 4 amide bonds. The highest BCUT2D eigenvalue weighted by atomic mass is 35.5. The molecule has 0 heterocycles. The molecule has 0 aliphatic rings. The van der Waals surface area contributed by atoms with E-state index in [2.05, 4.69) is 21.3 Å². The Morgan fingerprint density at radius 1 is 0.826 bits per heavy atom. The molecule has 0 aliphatic heterocycles. The van der Waals surface area contributed by atoms with E-state index >= 15 is 0 Å². The van der Waals surface area contributed by atoms with Gasteiger partial charge in [-0.25, -0.2) is 0 Å². The summed E-state index contributed by atoms with van der Waals surface area (Å²) in [5.74, 6) is -4.37. The summed E-state index contributed by atoms with van der Waals surface area (Å²) in [4.78, 5) is 63.7. The number of aliphatic hydroxyl groups excluding tert-OH is 1. The summed E-state index contributed by atoms with van der Waals surface area (Å²) < 4.78 is 0. The van der Waals surface area contributed by atoms with Crippen molar-refractivity contribution >= 4 is 58.5 Å². The molecule has 5 atom stereocenters. The number of carboxylic acid groups (broad SMARTS) is 1. The highest BCUT2D eigenvalue weighted by molar-refractivity contribution is 6.35. The third kappa shape index (κ3) is 13.0. The number of nitrogens with one attached hydrogen (secondary N) is 4. The van der Waals surface area contributed by atoms with E-state index in [4.69, 9.17) is 34.0 Å². The van der Waals surface area contributed by atoms with Crippen LogP contribution in [0, 0.1) is 11.8 Å².